The first-order valence-corrected chi connectivity index (χ1v) is 6.75. The maximum Gasteiger partial charge on any atom is 0.276 e. The van der Waals surface area contributed by atoms with Crippen molar-refractivity contribution in [2.45, 2.75) is 4.90 Å². The van der Waals surface area contributed by atoms with E-state index in [-0.39, 0.29) is 11.5 Å². The summed E-state index contributed by atoms with van der Waals surface area (Å²) in [6.45, 7) is 0. The number of hydrogen-bond acceptors (Lipinski definition) is 4. The summed E-state index contributed by atoms with van der Waals surface area (Å²) in [7, 11) is 0. The van der Waals surface area contributed by atoms with Crippen molar-refractivity contribution in [2.75, 3.05) is 0 Å². The number of carbonyl (C=O) groups is 1. The predicted molar refractivity (Wildman–Crippen MR) is 77.7 cm³/mol. The van der Waals surface area contributed by atoms with Crippen molar-refractivity contribution in [3.63, 3.8) is 0 Å². The summed E-state index contributed by atoms with van der Waals surface area (Å²) in [6, 6.07) is 13.7. The molecular weight excluding hydrogens is 274 g/mol. The Hall–Kier alpha value is -2.40. The van der Waals surface area contributed by atoms with Crippen molar-refractivity contribution in [3.05, 3.63) is 74.7 Å². The van der Waals surface area contributed by atoms with Crippen LogP contribution < -0.4 is 0 Å². The molecule has 2 aromatic rings. The van der Waals surface area contributed by atoms with Gasteiger partial charge >= 0.3 is 0 Å². The van der Waals surface area contributed by atoms with Crippen LogP contribution in [-0.2, 0) is 0 Å². The number of hydrogen-bond donors (Lipinski definition) is 0. The minimum atomic E-state index is -0.441. The third-order valence-corrected chi connectivity index (χ3v) is 4.09. The smallest absolute Gasteiger partial charge is 0.276 e. The Kier molecular flexibility index (Phi) is 3.12. The molecule has 0 unspecified atom stereocenters. The first-order chi connectivity index (χ1) is 9.66. The number of benzene rings is 2. The highest BCUT2D eigenvalue weighted by Crippen LogP contribution is 2.41. The number of para-hydroxylation sites is 1. The Labute approximate surface area is 119 Å². The van der Waals surface area contributed by atoms with Crippen LogP contribution in [-0.4, -0.2) is 10.7 Å². The molecule has 0 amide bonds. The standard InChI is InChI=1S/C15H9NO3S/c17-15-11-6-2-4-8-13(11)20-14(15)9-10-5-1-3-7-12(10)16(18)19/h1-9H. The summed E-state index contributed by atoms with van der Waals surface area (Å²) in [4.78, 5) is 24.2. The minimum Gasteiger partial charge on any atom is -0.288 e. The minimum absolute atomic E-state index is 0.00403. The number of nitro groups is 1. The molecule has 1 aliphatic heterocycles. The molecule has 98 valence electrons. The van der Waals surface area contributed by atoms with E-state index in [2.05, 4.69) is 0 Å². The maximum atomic E-state index is 12.2. The molecule has 1 aliphatic rings. The Morgan fingerprint density at radius 2 is 1.75 bits per heavy atom. The van der Waals surface area contributed by atoms with Crippen molar-refractivity contribution in [2.24, 2.45) is 0 Å². The highest BCUT2D eigenvalue weighted by molar-refractivity contribution is 8.04. The van der Waals surface area contributed by atoms with E-state index in [9.17, 15) is 14.9 Å². The third-order valence-electron chi connectivity index (χ3n) is 3.00. The van der Waals surface area contributed by atoms with Gasteiger partial charge in [-0.3, -0.25) is 14.9 Å². The van der Waals surface area contributed by atoms with Gasteiger partial charge in [-0.2, -0.15) is 0 Å². The van der Waals surface area contributed by atoms with Crippen LogP contribution in [0.5, 0.6) is 0 Å². The van der Waals surface area contributed by atoms with Crippen molar-refractivity contribution in [3.8, 4) is 0 Å². The molecule has 5 heteroatoms. The molecular formula is C15H9NO3S. The molecule has 0 atom stereocenters. The molecule has 20 heavy (non-hydrogen) atoms. The van der Waals surface area contributed by atoms with E-state index < -0.39 is 4.92 Å². The van der Waals surface area contributed by atoms with E-state index >= 15 is 0 Å². The second-order valence-electron chi connectivity index (χ2n) is 4.25. The lowest BCUT2D eigenvalue weighted by atomic mass is 10.1. The van der Waals surface area contributed by atoms with Gasteiger partial charge in [0.15, 0.2) is 0 Å². The third kappa shape index (κ3) is 2.12. The van der Waals surface area contributed by atoms with E-state index in [0.717, 1.165) is 4.90 Å². The lowest BCUT2D eigenvalue weighted by Crippen LogP contribution is -1.95. The van der Waals surface area contributed by atoms with Gasteiger partial charge in [-0.25, -0.2) is 0 Å². The van der Waals surface area contributed by atoms with E-state index in [4.69, 9.17) is 0 Å². The van der Waals surface area contributed by atoms with Gasteiger partial charge in [-0.05, 0) is 24.3 Å². The van der Waals surface area contributed by atoms with E-state index in [1.165, 1.54) is 17.8 Å². The molecule has 0 saturated carbocycles. The van der Waals surface area contributed by atoms with Crippen molar-refractivity contribution in [1.82, 2.24) is 0 Å². The zero-order chi connectivity index (χ0) is 14.1. The summed E-state index contributed by atoms with van der Waals surface area (Å²) >= 11 is 1.35. The van der Waals surface area contributed by atoms with E-state index in [1.54, 1.807) is 30.3 Å². The molecule has 0 aromatic heterocycles. The lowest BCUT2D eigenvalue weighted by Gasteiger charge is -1.98. The Bertz CT molecular complexity index is 752. The zero-order valence-corrected chi connectivity index (χ0v) is 11.1. The van der Waals surface area contributed by atoms with Crippen LogP contribution in [0.2, 0.25) is 0 Å². The van der Waals surface area contributed by atoms with Crippen LogP contribution >= 0.6 is 11.8 Å². The molecule has 4 nitrogen and oxygen atoms in total. The van der Waals surface area contributed by atoms with Gasteiger partial charge in [-0.1, -0.05) is 36.0 Å². The number of carbonyl (C=O) groups excluding carboxylic acids is 1. The van der Waals surface area contributed by atoms with Crippen LogP contribution in [0.25, 0.3) is 6.08 Å². The Morgan fingerprint density at radius 3 is 2.50 bits per heavy atom. The van der Waals surface area contributed by atoms with Crippen LogP contribution in [0.3, 0.4) is 0 Å². The molecule has 2 aromatic carbocycles. The largest absolute Gasteiger partial charge is 0.288 e. The second-order valence-corrected chi connectivity index (χ2v) is 5.34. The van der Waals surface area contributed by atoms with Gasteiger partial charge in [0.2, 0.25) is 5.78 Å². The van der Waals surface area contributed by atoms with E-state index in [1.807, 2.05) is 18.2 Å². The van der Waals surface area contributed by atoms with Crippen molar-refractivity contribution >= 4 is 29.3 Å². The first-order valence-electron chi connectivity index (χ1n) is 5.93. The summed E-state index contributed by atoms with van der Waals surface area (Å²) in [5, 5.41) is 11.0. The highest BCUT2D eigenvalue weighted by atomic mass is 32.2. The number of thioether (sulfide) groups is 1. The highest BCUT2D eigenvalue weighted by Gasteiger charge is 2.26. The lowest BCUT2D eigenvalue weighted by molar-refractivity contribution is -0.385. The van der Waals surface area contributed by atoms with Crippen molar-refractivity contribution in [1.29, 1.82) is 0 Å². The van der Waals surface area contributed by atoms with Gasteiger partial charge in [-0.15, -0.1) is 0 Å². The number of Topliss-reactive ketones (excluding diaryl/α,β-unsaturated/α-hetero) is 1. The molecule has 0 fully saturated rings. The van der Waals surface area contributed by atoms with Crippen LogP contribution in [0.15, 0.2) is 58.3 Å². The topological polar surface area (TPSA) is 60.2 Å². The Balaban J connectivity index is 2.04. The summed E-state index contributed by atoms with van der Waals surface area (Å²) < 4.78 is 0. The molecule has 0 radical (unpaired) electrons. The second kappa shape index (κ2) is 4.94. The number of nitro benzene ring substituents is 1. The quantitative estimate of drug-likeness (QED) is 0.476. The summed E-state index contributed by atoms with van der Waals surface area (Å²) in [6.07, 6.45) is 1.59. The molecule has 1 heterocycles. The molecule has 0 saturated heterocycles. The molecule has 0 N–H and O–H groups in total. The average Bonchev–Trinajstić information content (AvgIpc) is 2.76. The molecule has 0 aliphatic carbocycles. The molecule has 0 spiro atoms. The van der Waals surface area contributed by atoms with Crippen LogP contribution in [0.1, 0.15) is 15.9 Å². The fraction of sp³-hybridized carbons (Fsp3) is 0. The number of fused-ring (bicyclic) bond motifs is 1. The fourth-order valence-corrected chi connectivity index (χ4v) is 3.10. The van der Waals surface area contributed by atoms with Gasteiger partial charge in [0.25, 0.3) is 5.69 Å². The van der Waals surface area contributed by atoms with Crippen LogP contribution in [0, 0.1) is 10.1 Å². The number of allylic oxidation sites excluding steroid dienone is 1. The van der Waals surface area contributed by atoms with Gasteiger partial charge in [0.05, 0.1) is 15.4 Å². The first kappa shape index (κ1) is 12.6. The van der Waals surface area contributed by atoms with Crippen LogP contribution in [0.4, 0.5) is 5.69 Å². The summed E-state index contributed by atoms with van der Waals surface area (Å²) in [5.41, 5.74) is 1.10. The number of ketones is 1. The predicted octanol–water partition coefficient (Wildman–Crippen LogP) is 3.92. The van der Waals surface area contributed by atoms with Crippen molar-refractivity contribution < 1.29 is 9.72 Å². The monoisotopic (exact) mass is 283 g/mol. The zero-order valence-electron chi connectivity index (χ0n) is 10.3. The Morgan fingerprint density at radius 1 is 1.05 bits per heavy atom. The van der Waals surface area contributed by atoms with Gasteiger partial charge in [0.1, 0.15) is 0 Å². The number of rotatable bonds is 2. The number of nitrogens with zero attached hydrogens (tertiary/aromatic N) is 1. The van der Waals surface area contributed by atoms with Gasteiger partial charge < -0.3 is 0 Å². The summed E-state index contributed by atoms with van der Waals surface area (Å²) in [5.74, 6) is -0.0799. The SMILES string of the molecule is O=C1C(=Cc2ccccc2[N+](=O)[O-])Sc2ccccc21. The van der Waals surface area contributed by atoms with Gasteiger partial charge in [0, 0.05) is 16.5 Å². The van der Waals surface area contributed by atoms with E-state index in [0.29, 0.717) is 16.0 Å². The fourth-order valence-electron chi connectivity index (χ4n) is 2.05. The average molecular weight is 283 g/mol. The normalized spacial score (nSPS) is 15.4. The molecule has 0 bridgehead atoms. The molecule has 3 rings (SSSR count). The maximum absolute atomic E-state index is 12.2.